The topological polar surface area (TPSA) is 116 Å². The molecule has 1 aromatic carbocycles. The van der Waals surface area contributed by atoms with Crippen LogP contribution < -0.4 is 4.90 Å². The molecule has 1 saturated carbocycles. The van der Waals surface area contributed by atoms with Gasteiger partial charge in [0.25, 0.3) is 0 Å². The van der Waals surface area contributed by atoms with Crippen molar-refractivity contribution in [3.05, 3.63) is 29.6 Å². The van der Waals surface area contributed by atoms with Crippen molar-refractivity contribution < 1.29 is 42.6 Å². The molecule has 3 rings (SSSR count). The van der Waals surface area contributed by atoms with Crippen molar-refractivity contribution in [2.45, 2.75) is 52.6 Å². The molecule has 0 saturated heterocycles. The van der Waals surface area contributed by atoms with E-state index < -0.39 is 63.6 Å². The Balaban J connectivity index is 2.33. The van der Waals surface area contributed by atoms with E-state index >= 15 is 4.39 Å². The summed E-state index contributed by atoms with van der Waals surface area (Å²) in [5.74, 6) is -6.69. The Kier molecular flexibility index (Phi) is 5.85. The summed E-state index contributed by atoms with van der Waals surface area (Å²) in [5, 5.41) is 0. The highest BCUT2D eigenvalue weighted by atomic mass is 19.1. The van der Waals surface area contributed by atoms with E-state index in [4.69, 9.17) is 14.2 Å². The molecule has 2 amide bonds. The number of hydrogen-bond acceptors (Lipinski definition) is 8. The minimum absolute atomic E-state index is 0.0950. The number of esters is 2. The zero-order valence-electron chi connectivity index (χ0n) is 19.3. The van der Waals surface area contributed by atoms with E-state index in [1.54, 1.807) is 20.8 Å². The molecule has 0 radical (unpaired) electrons. The molecule has 3 atom stereocenters. The minimum Gasteiger partial charge on any atom is -0.466 e. The van der Waals surface area contributed by atoms with Crippen LogP contribution in [0.4, 0.5) is 14.9 Å². The predicted octanol–water partition coefficient (Wildman–Crippen LogP) is 2.68. The van der Waals surface area contributed by atoms with Crippen LogP contribution in [0.2, 0.25) is 0 Å². The number of carbonyl (C=O) groups excluding carboxylic acids is 5. The molecule has 178 valence electrons. The van der Waals surface area contributed by atoms with Gasteiger partial charge >= 0.3 is 18.0 Å². The lowest BCUT2D eigenvalue weighted by Crippen LogP contribution is -2.45. The van der Waals surface area contributed by atoms with Gasteiger partial charge in [0.2, 0.25) is 5.91 Å². The second kappa shape index (κ2) is 7.93. The van der Waals surface area contributed by atoms with Crippen molar-refractivity contribution in [2.24, 2.45) is 11.3 Å². The number of ether oxygens (including phenoxy) is 3. The van der Waals surface area contributed by atoms with Crippen LogP contribution in [0.1, 0.15) is 47.1 Å². The number of halogens is 1. The van der Waals surface area contributed by atoms with E-state index in [0.29, 0.717) is 4.90 Å². The van der Waals surface area contributed by atoms with E-state index in [9.17, 15) is 24.0 Å². The molecule has 1 aliphatic carbocycles. The molecule has 0 N–H and O–H groups in total. The van der Waals surface area contributed by atoms with Crippen molar-refractivity contribution in [1.29, 1.82) is 0 Å². The van der Waals surface area contributed by atoms with E-state index in [1.807, 2.05) is 0 Å². The number of imide groups is 1. The summed E-state index contributed by atoms with van der Waals surface area (Å²) in [6, 6.07) is 3.58. The van der Waals surface area contributed by atoms with Crippen LogP contribution in [0.5, 0.6) is 0 Å². The van der Waals surface area contributed by atoms with Gasteiger partial charge in [-0.1, -0.05) is 12.1 Å². The lowest BCUT2D eigenvalue weighted by atomic mass is 9.84. The monoisotopic (exact) mass is 463 g/mol. The van der Waals surface area contributed by atoms with Crippen LogP contribution in [0.3, 0.4) is 0 Å². The molecule has 1 aliphatic heterocycles. The van der Waals surface area contributed by atoms with Gasteiger partial charge in [-0.15, -0.1) is 0 Å². The van der Waals surface area contributed by atoms with Crippen molar-refractivity contribution in [3.63, 3.8) is 0 Å². The Labute approximate surface area is 190 Å². The van der Waals surface area contributed by atoms with Crippen molar-refractivity contribution in [3.8, 4) is 0 Å². The first-order chi connectivity index (χ1) is 15.3. The molecule has 1 aromatic rings. The standard InChI is InChI=1S/C23H26FNO8/c1-7-31-17(27)16-22(12(3)26,19(29)32-8-2)23(16)13-10-9-11-14(24)15(13)25(18(23)28)20(30)33-21(4,5)6/h9-11,16H,7-8H2,1-6H3/t16-,22+,23+/m1/s1. The number of rotatable bonds is 5. The molecule has 9 nitrogen and oxygen atoms in total. The molecular formula is C23H26FNO8. The van der Waals surface area contributed by atoms with Crippen LogP contribution in [-0.2, 0) is 38.8 Å². The van der Waals surface area contributed by atoms with Crippen molar-refractivity contribution in [2.75, 3.05) is 18.1 Å². The summed E-state index contributed by atoms with van der Waals surface area (Å²) < 4.78 is 30.5. The summed E-state index contributed by atoms with van der Waals surface area (Å²) in [4.78, 5) is 66.4. The van der Waals surface area contributed by atoms with Crippen LogP contribution >= 0.6 is 0 Å². The molecule has 10 heteroatoms. The van der Waals surface area contributed by atoms with Gasteiger partial charge in [0.05, 0.1) is 18.9 Å². The number of benzene rings is 1. The maximum atomic E-state index is 15.0. The highest BCUT2D eigenvalue weighted by Gasteiger charge is 2.94. The first kappa shape index (κ1) is 24.3. The lowest BCUT2D eigenvalue weighted by Gasteiger charge is -2.24. The van der Waals surface area contributed by atoms with Gasteiger partial charge in [-0.05, 0) is 53.2 Å². The second-order valence-corrected chi connectivity index (χ2v) is 8.83. The number of para-hydroxylation sites is 1. The molecule has 1 spiro atoms. The van der Waals surface area contributed by atoms with E-state index in [2.05, 4.69) is 0 Å². The van der Waals surface area contributed by atoms with Gasteiger partial charge in [0.15, 0.2) is 5.41 Å². The lowest BCUT2D eigenvalue weighted by molar-refractivity contribution is -0.159. The average Bonchev–Trinajstić information content (AvgIpc) is 3.26. The van der Waals surface area contributed by atoms with Crippen LogP contribution in [0.15, 0.2) is 18.2 Å². The van der Waals surface area contributed by atoms with E-state index in [-0.39, 0.29) is 18.8 Å². The van der Waals surface area contributed by atoms with E-state index in [0.717, 1.165) is 13.0 Å². The van der Waals surface area contributed by atoms with Gasteiger partial charge in [-0.2, -0.15) is 0 Å². The predicted molar refractivity (Wildman–Crippen MR) is 112 cm³/mol. The molecule has 1 heterocycles. The zero-order chi connectivity index (χ0) is 24.9. The normalized spacial score (nSPS) is 25.5. The smallest absolute Gasteiger partial charge is 0.421 e. The highest BCUT2D eigenvalue weighted by Crippen LogP contribution is 2.75. The molecule has 33 heavy (non-hydrogen) atoms. The third-order valence-electron chi connectivity index (χ3n) is 5.83. The first-order valence-electron chi connectivity index (χ1n) is 10.5. The SMILES string of the molecule is CCOC(=O)[C@@H]1[C@@](C(C)=O)(C(=O)OCC)[C@]12C(=O)N(C(=O)OC(C)(C)C)c1c(F)cccc12. The average molecular weight is 463 g/mol. The summed E-state index contributed by atoms with van der Waals surface area (Å²) >= 11 is 0. The van der Waals surface area contributed by atoms with Crippen molar-refractivity contribution >= 4 is 35.4 Å². The highest BCUT2D eigenvalue weighted by molar-refractivity contribution is 6.32. The number of fused-ring (bicyclic) bond motifs is 2. The molecule has 2 aliphatic rings. The Hall–Kier alpha value is -3.30. The van der Waals surface area contributed by atoms with Gasteiger partial charge in [0, 0.05) is 0 Å². The Morgan fingerprint density at radius 1 is 1.09 bits per heavy atom. The fourth-order valence-corrected chi connectivity index (χ4v) is 4.80. The largest absolute Gasteiger partial charge is 0.466 e. The third kappa shape index (κ3) is 3.14. The number of nitrogens with zero attached hydrogens (tertiary/aromatic N) is 1. The van der Waals surface area contributed by atoms with Crippen molar-refractivity contribution in [1.82, 2.24) is 0 Å². The third-order valence-corrected chi connectivity index (χ3v) is 5.83. The molecular weight excluding hydrogens is 437 g/mol. The summed E-state index contributed by atoms with van der Waals surface area (Å²) in [7, 11) is 0. The molecule has 0 bridgehead atoms. The molecule has 0 unspecified atom stereocenters. The van der Waals surface area contributed by atoms with Crippen LogP contribution in [-0.4, -0.2) is 48.5 Å². The fourth-order valence-electron chi connectivity index (χ4n) is 4.80. The Morgan fingerprint density at radius 2 is 1.70 bits per heavy atom. The number of anilines is 1. The number of amides is 2. The van der Waals surface area contributed by atoms with E-state index in [1.165, 1.54) is 26.0 Å². The van der Waals surface area contributed by atoms with Gasteiger partial charge < -0.3 is 14.2 Å². The number of Topliss-reactive ketones (excluding diaryl/α,β-unsaturated/α-hetero) is 1. The molecule has 0 aromatic heterocycles. The molecule has 1 fully saturated rings. The summed E-state index contributed by atoms with van der Waals surface area (Å²) in [6.07, 6.45) is -1.20. The second-order valence-electron chi connectivity index (χ2n) is 8.83. The Bertz CT molecular complexity index is 1060. The minimum atomic E-state index is -2.31. The quantitative estimate of drug-likeness (QED) is 0.372. The maximum Gasteiger partial charge on any atom is 0.421 e. The van der Waals surface area contributed by atoms with Gasteiger partial charge in [0.1, 0.15) is 28.5 Å². The number of ketones is 1. The van der Waals surface area contributed by atoms with Crippen LogP contribution in [0, 0.1) is 17.2 Å². The number of hydrogen-bond donors (Lipinski definition) is 0. The van der Waals surface area contributed by atoms with Gasteiger partial charge in [-0.25, -0.2) is 14.1 Å². The first-order valence-corrected chi connectivity index (χ1v) is 10.5. The summed E-state index contributed by atoms with van der Waals surface area (Å²) in [6.45, 7) is 8.49. The summed E-state index contributed by atoms with van der Waals surface area (Å²) in [5.41, 5.74) is -6.18. The fraction of sp³-hybridized carbons (Fsp3) is 0.522. The zero-order valence-corrected chi connectivity index (χ0v) is 19.3. The van der Waals surface area contributed by atoms with Crippen LogP contribution in [0.25, 0.3) is 0 Å². The van der Waals surface area contributed by atoms with Gasteiger partial charge in [-0.3, -0.25) is 19.2 Å². The Morgan fingerprint density at radius 3 is 2.21 bits per heavy atom. The maximum absolute atomic E-state index is 15.0. The number of carbonyl (C=O) groups is 5.